The maximum atomic E-state index is 13.1. The summed E-state index contributed by atoms with van der Waals surface area (Å²) in [4.78, 5) is 37.5. The number of ether oxygens (including phenoxy) is 1. The molecule has 0 bridgehead atoms. The summed E-state index contributed by atoms with van der Waals surface area (Å²) in [7, 11) is 0. The molecular formula is C24H24F2N2O6. The average Bonchev–Trinajstić information content (AvgIpc) is 3.35. The fourth-order valence-corrected chi connectivity index (χ4v) is 4.67. The number of alkyl carbamates (subject to hydrolysis) is 1. The SMILES string of the molecule is O=C(NC(CC(F)F)C(=O)N1C[C@@H](O)C[C@H]1C(=O)O)OCC1c2ccccc2-c2ccccc21. The second-order valence-electron chi connectivity index (χ2n) is 8.38. The van der Waals surface area contributed by atoms with Crippen molar-refractivity contribution in [1.82, 2.24) is 10.2 Å². The van der Waals surface area contributed by atoms with E-state index in [2.05, 4.69) is 5.32 Å². The molecule has 2 aromatic rings. The number of hydrogen-bond acceptors (Lipinski definition) is 5. The number of carboxylic acid groups (broad SMARTS) is 1. The molecule has 0 spiro atoms. The van der Waals surface area contributed by atoms with Gasteiger partial charge in [0.2, 0.25) is 12.3 Å². The third-order valence-corrected chi connectivity index (χ3v) is 6.19. The molecule has 1 saturated heterocycles. The van der Waals surface area contributed by atoms with Gasteiger partial charge in [0.25, 0.3) is 0 Å². The molecule has 2 amide bonds. The van der Waals surface area contributed by atoms with E-state index in [9.17, 15) is 33.4 Å². The van der Waals surface area contributed by atoms with Crippen molar-refractivity contribution >= 4 is 18.0 Å². The van der Waals surface area contributed by atoms with Crippen LogP contribution in [0.25, 0.3) is 11.1 Å². The number of nitrogens with zero attached hydrogens (tertiary/aromatic N) is 1. The fourth-order valence-electron chi connectivity index (χ4n) is 4.67. The Morgan fingerprint density at radius 3 is 2.21 bits per heavy atom. The standard InChI is InChI=1S/C24H24F2N2O6/c25-21(26)10-19(22(30)28-11-13(29)9-20(28)23(31)32)27-24(33)34-12-18-16-7-3-1-5-14(16)15-6-2-4-8-17(15)18/h1-8,13,18-21,29H,9-12H2,(H,27,33)(H,31,32)/t13-,19?,20-/m0/s1. The highest BCUT2D eigenvalue weighted by Gasteiger charge is 2.42. The monoisotopic (exact) mass is 474 g/mol. The minimum Gasteiger partial charge on any atom is -0.480 e. The lowest BCUT2D eigenvalue weighted by Gasteiger charge is -2.27. The number of hydrogen-bond donors (Lipinski definition) is 3. The van der Waals surface area contributed by atoms with Gasteiger partial charge < -0.3 is 25.2 Å². The Bertz CT molecular complexity index is 1050. The zero-order valence-electron chi connectivity index (χ0n) is 18.1. The second kappa shape index (κ2) is 9.76. The lowest BCUT2D eigenvalue weighted by molar-refractivity contribution is -0.149. The van der Waals surface area contributed by atoms with Gasteiger partial charge in [-0.2, -0.15) is 0 Å². The van der Waals surface area contributed by atoms with Crippen LogP contribution in [0.3, 0.4) is 0 Å². The Hall–Kier alpha value is -3.53. The van der Waals surface area contributed by atoms with Gasteiger partial charge in [0.05, 0.1) is 6.10 Å². The fraction of sp³-hybridized carbons (Fsp3) is 0.375. The molecule has 4 rings (SSSR count). The predicted molar refractivity (Wildman–Crippen MR) is 116 cm³/mol. The average molecular weight is 474 g/mol. The largest absolute Gasteiger partial charge is 0.480 e. The number of nitrogens with one attached hydrogen (secondary N) is 1. The van der Waals surface area contributed by atoms with Crippen molar-refractivity contribution in [1.29, 1.82) is 0 Å². The zero-order valence-corrected chi connectivity index (χ0v) is 18.1. The number of β-amino-alcohol motifs (C(OH)–C–C–N with tert-alkyl or cyclic N) is 1. The van der Waals surface area contributed by atoms with Crippen molar-refractivity contribution in [3.8, 4) is 11.1 Å². The highest BCUT2D eigenvalue weighted by Crippen LogP contribution is 2.44. The van der Waals surface area contributed by atoms with Crippen LogP contribution in [-0.2, 0) is 14.3 Å². The van der Waals surface area contributed by atoms with Gasteiger partial charge >= 0.3 is 12.1 Å². The van der Waals surface area contributed by atoms with E-state index < -0.39 is 49.0 Å². The molecule has 1 fully saturated rings. The first-order valence-electron chi connectivity index (χ1n) is 10.9. The van der Waals surface area contributed by atoms with E-state index in [1.54, 1.807) is 0 Å². The molecule has 34 heavy (non-hydrogen) atoms. The maximum Gasteiger partial charge on any atom is 0.407 e. The van der Waals surface area contributed by atoms with Crippen LogP contribution in [0.4, 0.5) is 13.6 Å². The normalized spacial score (nSPS) is 20.1. The molecule has 1 heterocycles. The van der Waals surface area contributed by atoms with Crippen LogP contribution in [-0.4, -0.2) is 70.8 Å². The lowest BCUT2D eigenvalue weighted by atomic mass is 9.98. The molecule has 3 atom stereocenters. The van der Waals surface area contributed by atoms with Crippen LogP contribution in [0.15, 0.2) is 48.5 Å². The number of benzene rings is 2. The molecule has 10 heteroatoms. The highest BCUT2D eigenvalue weighted by atomic mass is 19.3. The number of carbonyl (C=O) groups is 3. The predicted octanol–water partition coefficient (Wildman–Crippen LogP) is 2.60. The summed E-state index contributed by atoms with van der Waals surface area (Å²) in [5.41, 5.74) is 3.97. The summed E-state index contributed by atoms with van der Waals surface area (Å²) < 4.78 is 31.6. The number of carbonyl (C=O) groups excluding carboxylic acids is 2. The number of halogens is 2. The van der Waals surface area contributed by atoms with E-state index in [0.717, 1.165) is 27.2 Å². The number of aliphatic carboxylic acids is 1. The van der Waals surface area contributed by atoms with Crippen molar-refractivity contribution in [3.63, 3.8) is 0 Å². The maximum absolute atomic E-state index is 13.1. The van der Waals surface area contributed by atoms with Gasteiger partial charge in [-0.3, -0.25) is 4.79 Å². The number of alkyl halides is 2. The Morgan fingerprint density at radius 2 is 1.65 bits per heavy atom. The number of aliphatic hydroxyl groups excluding tert-OH is 1. The number of carboxylic acids is 1. The molecule has 1 aliphatic carbocycles. The third-order valence-electron chi connectivity index (χ3n) is 6.19. The van der Waals surface area contributed by atoms with Gasteiger partial charge in [-0.1, -0.05) is 48.5 Å². The Morgan fingerprint density at radius 1 is 1.06 bits per heavy atom. The number of amides is 2. The molecule has 3 N–H and O–H groups in total. The first-order chi connectivity index (χ1) is 16.3. The van der Waals surface area contributed by atoms with Crippen LogP contribution in [0.5, 0.6) is 0 Å². The van der Waals surface area contributed by atoms with Crippen LogP contribution < -0.4 is 5.32 Å². The van der Waals surface area contributed by atoms with Crippen molar-refractivity contribution in [2.24, 2.45) is 0 Å². The molecule has 180 valence electrons. The number of fused-ring (bicyclic) bond motifs is 3. The summed E-state index contributed by atoms with van der Waals surface area (Å²) in [6, 6.07) is 12.3. The van der Waals surface area contributed by atoms with Gasteiger partial charge in [0, 0.05) is 25.3 Å². The van der Waals surface area contributed by atoms with Gasteiger partial charge in [-0.15, -0.1) is 0 Å². The molecule has 8 nitrogen and oxygen atoms in total. The molecule has 2 aliphatic rings. The lowest BCUT2D eigenvalue weighted by Crippen LogP contribution is -2.52. The second-order valence-corrected chi connectivity index (χ2v) is 8.38. The molecule has 1 unspecified atom stereocenters. The third kappa shape index (κ3) is 4.72. The quantitative estimate of drug-likeness (QED) is 0.568. The van der Waals surface area contributed by atoms with E-state index in [0.29, 0.717) is 0 Å². The van der Waals surface area contributed by atoms with Gasteiger partial charge in [0.15, 0.2) is 0 Å². The minimum absolute atomic E-state index is 0.0738. The number of aliphatic hydroxyl groups is 1. The van der Waals surface area contributed by atoms with Crippen molar-refractivity contribution in [2.75, 3.05) is 13.2 Å². The van der Waals surface area contributed by atoms with Gasteiger partial charge in [-0.25, -0.2) is 18.4 Å². The van der Waals surface area contributed by atoms with E-state index in [4.69, 9.17) is 4.74 Å². The van der Waals surface area contributed by atoms with Crippen molar-refractivity contribution < 1.29 is 38.1 Å². The van der Waals surface area contributed by atoms with E-state index >= 15 is 0 Å². The molecule has 0 radical (unpaired) electrons. The molecule has 0 saturated carbocycles. The molecule has 2 aromatic carbocycles. The van der Waals surface area contributed by atoms with Crippen LogP contribution in [0.1, 0.15) is 29.9 Å². The molecular weight excluding hydrogens is 450 g/mol. The van der Waals surface area contributed by atoms with E-state index in [1.165, 1.54) is 0 Å². The summed E-state index contributed by atoms with van der Waals surface area (Å²) in [5.74, 6) is -2.62. The Balaban J connectivity index is 1.45. The first kappa shape index (κ1) is 23.6. The number of rotatable bonds is 7. The van der Waals surface area contributed by atoms with E-state index in [-0.39, 0.29) is 25.5 Å². The smallest absolute Gasteiger partial charge is 0.407 e. The van der Waals surface area contributed by atoms with Crippen molar-refractivity contribution in [2.45, 2.75) is 43.4 Å². The van der Waals surface area contributed by atoms with Gasteiger partial charge in [-0.05, 0) is 22.3 Å². The van der Waals surface area contributed by atoms with Crippen LogP contribution >= 0.6 is 0 Å². The van der Waals surface area contributed by atoms with Crippen molar-refractivity contribution in [3.05, 3.63) is 59.7 Å². The summed E-state index contributed by atoms with van der Waals surface area (Å²) in [6.45, 7) is -0.391. The van der Waals surface area contributed by atoms with Gasteiger partial charge in [0.1, 0.15) is 18.7 Å². The zero-order chi connectivity index (χ0) is 24.4. The highest BCUT2D eigenvalue weighted by molar-refractivity contribution is 5.90. The Kier molecular flexibility index (Phi) is 6.78. The van der Waals surface area contributed by atoms with E-state index in [1.807, 2.05) is 48.5 Å². The summed E-state index contributed by atoms with van der Waals surface area (Å²) in [5, 5.41) is 21.2. The first-order valence-corrected chi connectivity index (χ1v) is 10.9. The minimum atomic E-state index is -2.93. The van der Waals surface area contributed by atoms with Crippen LogP contribution in [0.2, 0.25) is 0 Å². The molecule has 0 aromatic heterocycles. The van der Waals surface area contributed by atoms with Crippen LogP contribution in [0, 0.1) is 0 Å². The summed E-state index contributed by atoms with van der Waals surface area (Å²) in [6.07, 6.45) is -6.31. The number of likely N-dealkylation sites (tertiary alicyclic amines) is 1. The summed E-state index contributed by atoms with van der Waals surface area (Å²) >= 11 is 0. The topological polar surface area (TPSA) is 116 Å². The molecule has 1 aliphatic heterocycles. The Labute approximate surface area is 194 Å².